The quantitative estimate of drug-likeness (QED) is 0.182. The predicted molar refractivity (Wildman–Crippen MR) is 223 cm³/mol. The molecule has 0 bridgehead atoms. The maximum atomic E-state index is 13.8. The van der Waals surface area contributed by atoms with Crippen LogP contribution in [0.5, 0.6) is 0 Å². The van der Waals surface area contributed by atoms with Gasteiger partial charge in [0, 0.05) is 77.0 Å². The Morgan fingerprint density at radius 2 is 1.56 bits per heavy atom. The van der Waals surface area contributed by atoms with E-state index in [2.05, 4.69) is 36.2 Å². The van der Waals surface area contributed by atoms with Gasteiger partial charge in [-0.05, 0) is 84.4 Å². The molecule has 19 nitrogen and oxygen atoms in total. The third kappa shape index (κ3) is 13.8. The van der Waals surface area contributed by atoms with Crippen molar-refractivity contribution < 1.29 is 36.5 Å². The first-order valence-electron chi connectivity index (χ1n) is 18.7. The summed E-state index contributed by atoms with van der Waals surface area (Å²) in [6.45, 7) is 13.5. The van der Waals surface area contributed by atoms with Gasteiger partial charge < -0.3 is 35.6 Å². The number of sulfonamides is 1. The number of piperazine rings is 1. The van der Waals surface area contributed by atoms with Crippen molar-refractivity contribution in [2.45, 2.75) is 77.2 Å². The van der Waals surface area contributed by atoms with Crippen LogP contribution in [0.1, 0.15) is 68.9 Å². The molecule has 0 spiro atoms. The summed E-state index contributed by atoms with van der Waals surface area (Å²) in [5.74, 6) is -0.142. The highest BCUT2D eigenvalue weighted by Crippen LogP contribution is 2.25. The Labute approximate surface area is 347 Å². The van der Waals surface area contributed by atoms with E-state index in [4.69, 9.17) is 9.47 Å². The van der Waals surface area contributed by atoms with Crippen molar-refractivity contribution in [2.75, 3.05) is 67.1 Å². The summed E-state index contributed by atoms with van der Waals surface area (Å²) < 4.78 is 53.1. The summed E-state index contributed by atoms with van der Waals surface area (Å²) in [6, 6.07) is 10.8. The lowest BCUT2D eigenvalue weighted by Crippen LogP contribution is -2.49. The molecule has 0 aliphatic carbocycles. The third-order valence-electron chi connectivity index (χ3n) is 8.50. The smallest absolute Gasteiger partial charge is 0.407 e. The number of nitriles is 1. The van der Waals surface area contributed by atoms with E-state index in [0.29, 0.717) is 36.0 Å². The topological polar surface area (TPSA) is 241 Å². The first-order valence-corrected chi connectivity index (χ1v) is 21.7. The number of pyridine rings is 1. The lowest BCUT2D eigenvalue weighted by atomic mass is 10.1. The van der Waals surface area contributed by atoms with Crippen LogP contribution >= 0.6 is 0 Å². The lowest BCUT2D eigenvalue weighted by molar-refractivity contribution is 0.0514. The summed E-state index contributed by atoms with van der Waals surface area (Å²) in [5.41, 5.74) is 0.596. The number of aromatic nitrogens is 3. The van der Waals surface area contributed by atoms with Crippen molar-refractivity contribution >= 4 is 56.6 Å². The van der Waals surface area contributed by atoms with Gasteiger partial charge in [-0.3, -0.25) is 9.10 Å². The Hall–Kier alpha value is -5.43. The van der Waals surface area contributed by atoms with E-state index in [1.54, 1.807) is 79.8 Å². The molecule has 59 heavy (non-hydrogen) atoms. The van der Waals surface area contributed by atoms with Crippen LogP contribution in [0.15, 0.2) is 47.5 Å². The van der Waals surface area contributed by atoms with Crippen LogP contribution in [0, 0.1) is 18.3 Å². The average Bonchev–Trinajstić information content (AvgIpc) is 3.15. The Balaban J connectivity index is 1.46. The van der Waals surface area contributed by atoms with Gasteiger partial charge in [-0.2, -0.15) is 9.57 Å². The van der Waals surface area contributed by atoms with Gasteiger partial charge >= 0.3 is 12.2 Å². The molecule has 2 aromatic heterocycles. The molecular weight excluding hydrogens is 803 g/mol. The fraction of sp³-hybridized carbons (Fsp3) is 0.500. The maximum absolute atomic E-state index is 13.8. The van der Waals surface area contributed by atoms with E-state index in [1.807, 2.05) is 11.0 Å². The number of anilines is 3. The molecule has 1 aliphatic rings. The first kappa shape index (κ1) is 46.3. The van der Waals surface area contributed by atoms with Crippen LogP contribution in [0.3, 0.4) is 0 Å². The third-order valence-corrected chi connectivity index (χ3v) is 11.4. The van der Waals surface area contributed by atoms with E-state index in [0.717, 1.165) is 0 Å². The summed E-state index contributed by atoms with van der Waals surface area (Å²) in [4.78, 5) is 53.3. The van der Waals surface area contributed by atoms with Gasteiger partial charge in [-0.25, -0.2) is 37.2 Å². The minimum absolute atomic E-state index is 0.0609. The zero-order chi connectivity index (χ0) is 43.7. The van der Waals surface area contributed by atoms with Gasteiger partial charge in [0.1, 0.15) is 44.7 Å². The summed E-state index contributed by atoms with van der Waals surface area (Å²) in [7, 11) is -3.85. The molecule has 1 aromatic carbocycles. The number of nitrogens with one attached hydrogen (secondary N) is 4. The van der Waals surface area contributed by atoms with Crippen LogP contribution in [-0.2, 0) is 37.0 Å². The maximum Gasteiger partial charge on any atom is 0.407 e. The number of amides is 3. The zero-order valence-electron chi connectivity index (χ0n) is 34.8. The SMILES string of the molecule is Cc1cc(C#N)nc(N2CCN(S(=O)(=O)c3ccc(NC(=O)c4cc(CNC(CNC(=O)OC(C)(C)C)CNC(=O)OC(C)(C)C)ccc4N(C)S(C)=O)nc3)CC2)n1. The molecule has 4 N–H and O–H groups in total. The van der Waals surface area contributed by atoms with Gasteiger partial charge in [0.2, 0.25) is 16.0 Å². The Kier molecular flexibility index (Phi) is 15.3. The fourth-order valence-electron chi connectivity index (χ4n) is 5.63. The Morgan fingerprint density at radius 3 is 2.08 bits per heavy atom. The van der Waals surface area contributed by atoms with E-state index in [-0.39, 0.29) is 54.7 Å². The van der Waals surface area contributed by atoms with Crippen molar-refractivity contribution in [1.29, 1.82) is 5.26 Å². The highest BCUT2D eigenvalue weighted by Gasteiger charge is 2.30. The Morgan fingerprint density at radius 1 is 0.949 bits per heavy atom. The number of hydrogen-bond donors (Lipinski definition) is 4. The van der Waals surface area contributed by atoms with Gasteiger partial charge in [0.15, 0.2) is 0 Å². The molecule has 1 saturated heterocycles. The van der Waals surface area contributed by atoms with Gasteiger partial charge in [0.25, 0.3) is 5.91 Å². The number of ether oxygens (including phenoxy) is 2. The minimum atomic E-state index is -3.94. The molecule has 1 atom stereocenters. The first-order chi connectivity index (χ1) is 27.5. The molecule has 0 saturated carbocycles. The van der Waals surface area contributed by atoms with Crippen LogP contribution in [-0.4, -0.2) is 120 Å². The van der Waals surface area contributed by atoms with Gasteiger partial charge in [0.05, 0.1) is 11.3 Å². The molecule has 21 heteroatoms. The van der Waals surface area contributed by atoms with Gasteiger partial charge in [-0.1, -0.05) is 6.07 Å². The van der Waals surface area contributed by atoms with Crippen molar-refractivity contribution in [3.63, 3.8) is 0 Å². The number of carbonyl (C=O) groups is 3. The highest BCUT2D eigenvalue weighted by atomic mass is 32.2. The van der Waals surface area contributed by atoms with Crippen molar-refractivity contribution in [1.82, 2.24) is 35.2 Å². The molecular formula is C38H53N11O8S2. The second-order valence-corrected chi connectivity index (χ2v) is 19.0. The zero-order valence-corrected chi connectivity index (χ0v) is 36.4. The number of aryl methyl sites for hydroxylation is 1. The molecule has 1 aliphatic heterocycles. The van der Waals surface area contributed by atoms with Crippen molar-refractivity contribution in [3.8, 4) is 6.07 Å². The monoisotopic (exact) mass is 855 g/mol. The lowest BCUT2D eigenvalue weighted by Gasteiger charge is -2.34. The van der Waals surface area contributed by atoms with Crippen molar-refractivity contribution in [2.24, 2.45) is 0 Å². The summed E-state index contributed by atoms with van der Waals surface area (Å²) >= 11 is 0. The number of rotatable bonds is 14. The largest absolute Gasteiger partial charge is 0.444 e. The molecule has 320 valence electrons. The van der Waals surface area contributed by atoms with E-state index in [9.17, 15) is 32.3 Å². The molecule has 1 unspecified atom stereocenters. The normalized spacial score (nSPS) is 14.2. The average molecular weight is 856 g/mol. The summed E-state index contributed by atoms with van der Waals surface area (Å²) in [5, 5.41) is 20.7. The van der Waals surface area contributed by atoms with Crippen LogP contribution in [0.2, 0.25) is 0 Å². The van der Waals surface area contributed by atoms with Gasteiger partial charge in [-0.15, -0.1) is 0 Å². The van der Waals surface area contributed by atoms with E-state index < -0.39 is 56.3 Å². The number of nitrogens with zero attached hydrogens (tertiary/aromatic N) is 7. The molecule has 0 radical (unpaired) electrons. The highest BCUT2D eigenvalue weighted by molar-refractivity contribution is 7.89. The van der Waals surface area contributed by atoms with E-state index >= 15 is 0 Å². The van der Waals surface area contributed by atoms with Crippen molar-refractivity contribution in [3.05, 3.63) is 65.1 Å². The number of hydrogen-bond acceptors (Lipinski definition) is 14. The second kappa shape index (κ2) is 19.5. The van der Waals surface area contributed by atoms with E-state index in [1.165, 1.54) is 33.2 Å². The van der Waals surface area contributed by atoms with Crippen LogP contribution < -0.4 is 30.5 Å². The van der Waals surface area contributed by atoms with Crippen LogP contribution in [0.25, 0.3) is 0 Å². The molecule has 3 heterocycles. The molecule has 3 amide bonds. The molecule has 1 fully saturated rings. The summed E-state index contributed by atoms with van der Waals surface area (Å²) in [6.07, 6.45) is 1.37. The standard InChI is InChI=1S/C38H53N11O8S2/c1-25-18-27(20-39)45-34(44-25)48-14-16-49(17-15-48)59(54,55)29-11-13-32(41-24-29)46-33(50)30-19-26(10-12-31(30)47(8)58(9)53)21-40-28(22-42-35(51)56-37(2,3)4)23-43-36(52)57-38(5,6)7/h10-13,18-19,24,28,40H,14-17,21-23H2,1-9H3,(H,42,51)(H,43,52)(H,41,46,50). The predicted octanol–water partition coefficient (Wildman–Crippen LogP) is 3.05. The minimum Gasteiger partial charge on any atom is -0.444 e. The fourth-order valence-corrected chi connectivity index (χ4v) is 7.43. The Bertz CT molecular complexity index is 2130. The number of alkyl carbamates (subject to hydrolysis) is 2. The number of carbonyl (C=O) groups excluding carboxylic acids is 3. The van der Waals surface area contributed by atoms with Crippen LogP contribution in [0.4, 0.5) is 27.0 Å². The number of benzene rings is 1. The second-order valence-electron chi connectivity index (χ2n) is 15.6. The molecule has 3 aromatic rings. The molecule has 4 rings (SSSR count).